The Bertz CT molecular complexity index is 948. The number of aliphatic imine (C=N–C) groups is 1. The smallest absolute Gasteiger partial charge is 0.343 e. The molecule has 0 fully saturated rings. The summed E-state index contributed by atoms with van der Waals surface area (Å²) in [6.07, 6.45) is 1.37. The standard InChI is InChI=1S/C26H41BrClNO5Si/c1-11-32-20-14-17(27)13-18(22(20)28)23(30)19(24(31)33-12-2)15-29-21(25(3,4)5)16-34-35(9,10)26(6,7)8/h13-15,21,30H,11-12,16H2,1-10H3. The fourth-order valence-corrected chi connectivity index (χ4v) is 4.44. The van der Waals surface area contributed by atoms with Gasteiger partial charge in [-0.2, -0.15) is 0 Å². The van der Waals surface area contributed by atoms with Crippen LogP contribution in [0.15, 0.2) is 27.2 Å². The average Bonchev–Trinajstić information content (AvgIpc) is 2.71. The highest BCUT2D eigenvalue weighted by Gasteiger charge is 2.38. The second-order valence-electron chi connectivity index (χ2n) is 10.9. The normalized spacial score (nSPS) is 14.6. The van der Waals surface area contributed by atoms with Crippen LogP contribution in [0.4, 0.5) is 0 Å². The van der Waals surface area contributed by atoms with Gasteiger partial charge in [-0.25, -0.2) is 4.79 Å². The van der Waals surface area contributed by atoms with Gasteiger partial charge in [0.2, 0.25) is 0 Å². The van der Waals surface area contributed by atoms with Crippen LogP contribution in [0.2, 0.25) is 23.2 Å². The number of ether oxygens (including phenoxy) is 2. The third-order valence-electron chi connectivity index (χ3n) is 6.10. The lowest BCUT2D eigenvalue weighted by atomic mass is 9.88. The molecule has 0 saturated heterocycles. The number of carbonyl (C=O) groups excluding carboxylic acids is 1. The van der Waals surface area contributed by atoms with Crippen LogP contribution in [0.3, 0.4) is 0 Å². The van der Waals surface area contributed by atoms with E-state index < -0.39 is 14.3 Å². The van der Waals surface area contributed by atoms with Crippen LogP contribution in [-0.4, -0.2) is 51.5 Å². The minimum absolute atomic E-state index is 0.0587. The summed E-state index contributed by atoms with van der Waals surface area (Å²) >= 11 is 9.92. The second-order valence-corrected chi connectivity index (χ2v) is 17.0. The van der Waals surface area contributed by atoms with Gasteiger partial charge in [0.05, 0.1) is 30.9 Å². The molecule has 6 nitrogen and oxygen atoms in total. The molecule has 1 N–H and O–H groups in total. The Morgan fingerprint density at radius 1 is 1.17 bits per heavy atom. The zero-order valence-corrected chi connectivity index (χ0v) is 26.1. The Hall–Kier alpha value is -1.35. The van der Waals surface area contributed by atoms with E-state index in [-0.39, 0.29) is 45.0 Å². The predicted octanol–water partition coefficient (Wildman–Crippen LogP) is 7.84. The number of hydrogen-bond donors (Lipinski definition) is 1. The van der Waals surface area contributed by atoms with Crippen molar-refractivity contribution in [2.24, 2.45) is 10.4 Å². The van der Waals surface area contributed by atoms with Crippen LogP contribution >= 0.6 is 27.5 Å². The molecule has 0 saturated carbocycles. The predicted molar refractivity (Wildman–Crippen MR) is 151 cm³/mol. The summed E-state index contributed by atoms with van der Waals surface area (Å²) in [6.45, 7) is 21.6. The van der Waals surface area contributed by atoms with Gasteiger partial charge in [0.15, 0.2) is 8.32 Å². The van der Waals surface area contributed by atoms with E-state index >= 15 is 0 Å². The van der Waals surface area contributed by atoms with Crippen molar-refractivity contribution in [1.82, 2.24) is 0 Å². The molecule has 0 bridgehead atoms. The van der Waals surface area contributed by atoms with Gasteiger partial charge in [-0.15, -0.1) is 0 Å². The first-order valence-corrected chi connectivity index (χ1v) is 15.9. The number of aliphatic hydroxyl groups excluding tert-OH is 1. The highest BCUT2D eigenvalue weighted by molar-refractivity contribution is 9.10. The lowest BCUT2D eigenvalue weighted by molar-refractivity contribution is -0.137. The zero-order valence-electron chi connectivity index (χ0n) is 22.7. The lowest BCUT2D eigenvalue weighted by Gasteiger charge is -2.38. The molecule has 35 heavy (non-hydrogen) atoms. The third kappa shape index (κ3) is 8.92. The van der Waals surface area contributed by atoms with Crippen molar-refractivity contribution < 1.29 is 23.8 Å². The molecule has 0 heterocycles. The Balaban J connectivity index is 3.53. The van der Waals surface area contributed by atoms with Gasteiger partial charge in [0, 0.05) is 16.3 Å². The minimum Gasteiger partial charge on any atom is -0.506 e. The molecule has 1 rings (SSSR count). The van der Waals surface area contributed by atoms with Crippen molar-refractivity contribution in [2.45, 2.75) is 79.6 Å². The van der Waals surface area contributed by atoms with Crippen LogP contribution in [0.5, 0.6) is 5.75 Å². The number of benzene rings is 1. The highest BCUT2D eigenvalue weighted by Crippen LogP contribution is 2.38. The maximum absolute atomic E-state index is 12.8. The van der Waals surface area contributed by atoms with Crippen molar-refractivity contribution in [3.63, 3.8) is 0 Å². The molecule has 0 spiro atoms. The molecule has 1 atom stereocenters. The Morgan fingerprint density at radius 2 is 1.77 bits per heavy atom. The van der Waals surface area contributed by atoms with Crippen molar-refractivity contribution in [3.05, 3.63) is 32.8 Å². The summed E-state index contributed by atoms with van der Waals surface area (Å²) in [6, 6.07) is 3.06. The fourth-order valence-electron chi connectivity index (χ4n) is 2.75. The van der Waals surface area contributed by atoms with E-state index in [4.69, 9.17) is 30.5 Å². The molecule has 0 aliphatic rings. The third-order valence-corrected chi connectivity index (χ3v) is 11.4. The number of hydrogen-bond acceptors (Lipinski definition) is 6. The summed E-state index contributed by atoms with van der Waals surface area (Å²) in [7, 11) is -2.00. The van der Waals surface area contributed by atoms with E-state index in [9.17, 15) is 9.90 Å². The molecule has 9 heteroatoms. The summed E-state index contributed by atoms with van der Waals surface area (Å²) in [5.41, 5.74) is -0.0937. The summed E-state index contributed by atoms with van der Waals surface area (Å²) < 4.78 is 17.9. The lowest BCUT2D eigenvalue weighted by Crippen LogP contribution is -2.44. The van der Waals surface area contributed by atoms with E-state index in [0.29, 0.717) is 23.4 Å². The number of esters is 1. The van der Waals surface area contributed by atoms with Crippen LogP contribution in [-0.2, 0) is 14.0 Å². The number of nitrogens with zero attached hydrogens (tertiary/aromatic N) is 1. The molecule has 0 radical (unpaired) electrons. The van der Waals surface area contributed by atoms with Crippen LogP contribution in [0, 0.1) is 5.41 Å². The van der Waals surface area contributed by atoms with Gasteiger partial charge in [-0.1, -0.05) is 69.1 Å². The van der Waals surface area contributed by atoms with Crippen LogP contribution in [0.1, 0.15) is 61.0 Å². The first-order chi connectivity index (χ1) is 16.0. The largest absolute Gasteiger partial charge is 0.506 e. The van der Waals surface area contributed by atoms with Gasteiger partial charge in [-0.05, 0) is 49.5 Å². The van der Waals surface area contributed by atoms with Gasteiger partial charge in [0.1, 0.15) is 17.1 Å². The number of rotatable bonds is 10. The molecule has 0 aromatic heterocycles. The quantitative estimate of drug-likeness (QED) is 0.0987. The molecular formula is C26H41BrClNO5Si. The number of carbonyl (C=O) groups is 1. The monoisotopic (exact) mass is 589 g/mol. The van der Waals surface area contributed by atoms with Gasteiger partial charge in [-0.3, -0.25) is 4.99 Å². The molecule has 198 valence electrons. The number of halogens is 2. The highest BCUT2D eigenvalue weighted by atomic mass is 79.9. The molecule has 0 amide bonds. The van der Waals surface area contributed by atoms with Crippen molar-refractivity contribution in [3.8, 4) is 5.75 Å². The van der Waals surface area contributed by atoms with E-state index in [1.165, 1.54) is 6.21 Å². The minimum atomic E-state index is -2.00. The van der Waals surface area contributed by atoms with E-state index in [2.05, 4.69) is 70.6 Å². The Labute approximate surface area is 225 Å². The van der Waals surface area contributed by atoms with Gasteiger partial charge in [0.25, 0.3) is 0 Å². The fraction of sp³-hybridized carbons (Fsp3) is 0.615. The maximum Gasteiger partial charge on any atom is 0.343 e. The molecule has 1 unspecified atom stereocenters. The maximum atomic E-state index is 12.8. The summed E-state index contributed by atoms with van der Waals surface area (Å²) in [5, 5.41) is 11.4. The number of aliphatic hydroxyl groups is 1. The zero-order chi connectivity index (χ0) is 27.2. The first kappa shape index (κ1) is 31.7. The first-order valence-electron chi connectivity index (χ1n) is 11.9. The van der Waals surface area contributed by atoms with E-state index in [1.807, 2.05) is 6.92 Å². The molecule has 0 aliphatic carbocycles. The van der Waals surface area contributed by atoms with E-state index in [0.717, 1.165) is 0 Å². The topological polar surface area (TPSA) is 77.4 Å². The second kappa shape index (κ2) is 12.7. The molecule has 1 aromatic rings. The van der Waals surface area contributed by atoms with Gasteiger partial charge < -0.3 is 19.0 Å². The summed E-state index contributed by atoms with van der Waals surface area (Å²) in [4.78, 5) is 17.5. The molecule has 0 aliphatic heterocycles. The average molecular weight is 591 g/mol. The van der Waals surface area contributed by atoms with Crippen molar-refractivity contribution >= 4 is 53.8 Å². The van der Waals surface area contributed by atoms with Crippen LogP contribution < -0.4 is 4.74 Å². The summed E-state index contributed by atoms with van der Waals surface area (Å²) in [5.74, 6) is -0.640. The Morgan fingerprint density at radius 3 is 2.26 bits per heavy atom. The van der Waals surface area contributed by atoms with E-state index in [1.54, 1.807) is 19.1 Å². The van der Waals surface area contributed by atoms with Crippen molar-refractivity contribution in [2.75, 3.05) is 19.8 Å². The molecular weight excluding hydrogens is 550 g/mol. The van der Waals surface area contributed by atoms with Crippen LogP contribution in [0.25, 0.3) is 5.76 Å². The molecule has 1 aromatic carbocycles. The SMILES string of the molecule is CCOC(=O)C(C=NC(CO[Si](C)(C)C(C)(C)C)C(C)(C)C)=C(O)c1cc(Br)cc(OCC)c1Cl. The van der Waals surface area contributed by atoms with Gasteiger partial charge >= 0.3 is 5.97 Å². The Kier molecular flexibility index (Phi) is 11.5. The van der Waals surface area contributed by atoms with Crippen molar-refractivity contribution in [1.29, 1.82) is 0 Å².